The van der Waals surface area contributed by atoms with Crippen LogP contribution < -0.4 is 11.3 Å². The van der Waals surface area contributed by atoms with E-state index in [-0.39, 0.29) is 0 Å². The lowest BCUT2D eigenvalue weighted by atomic mass is 9.75. The molecule has 0 saturated heterocycles. The number of nitrogens with one attached hydrogen (secondary N) is 1. The summed E-state index contributed by atoms with van der Waals surface area (Å²) >= 11 is 0. The van der Waals surface area contributed by atoms with Crippen LogP contribution in [0.25, 0.3) is 0 Å². The lowest BCUT2D eigenvalue weighted by Crippen LogP contribution is -2.47. The van der Waals surface area contributed by atoms with Crippen molar-refractivity contribution < 1.29 is 0 Å². The van der Waals surface area contributed by atoms with E-state index in [1.807, 2.05) is 0 Å². The standard InChI is InChI=1S/C17H26N2/c1-12-6-8-13(9-7-12)17(19-18)16-10-14-4-2-3-5-15(14)11-16/h2-5,12-13,16-17,19H,6-11,18H2,1H3. The Labute approximate surface area is 116 Å². The van der Waals surface area contributed by atoms with E-state index in [0.29, 0.717) is 12.0 Å². The van der Waals surface area contributed by atoms with Gasteiger partial charge >= 0.3 is 0 Å². The first-order valence-corrected chi connectivity index (χ1v) is 7.81. The summed E-state index contributed by atoms with van der Waals surface area (Å²) in [5.41, 5.74) is 6.24. The Hall–Kier alpha value is -0.860. The molecule has 0 aromatic heterocycles. The molecule has 0 amide bonds. The lowest BCUT2D eigenvalue weighted by Gasteiger charge is -2.35. The van der Waals surface area contributed by atoms with Crippen molar-refractivity contribution in [3.8, 4) is 0 Å². The summed E-state index contributed by atoms with van der Waals surface area (Å²) in [5, 5.41) is 0. The Morgan fingerprint density at radius 2 is 1.58 bits per heavy atom. The van der Waals surface area contributed by atoms with E-state index in [2.05, 4.69) is 36.6 Å². The minimum Gasteiger partial charge on any atom is -0.271 e. The first kappa shape index (κ1) is 13.1. The summed E-state index contributed by atoms with van der Waals surface area (Å²) < 4.78 is 0. The van der Waals surface area contributed by atoms with E-state index >= 15 is 0 Å². The molecule has 0 bridgehead atoms. The van der Waals surface area contributed by atoms with E-state index in [4.69, 9.17) is 5.84 Å². The van der Waals surface area contributed by atoms with Crippen molar-refractivity contribution in [2.45, 2.75) is 51.5 Å². The number of hydrogen-bond acceptors (Lipinski definition) is 2. The van der Waals surface area contributed by atoms with Crippen LogP contribution in [-0.2, 0) is 12.8 Å². The van der Waals surface area contributed by atoms with Crippen LogP contribution >= 0.6 is 0 Å². The van der Waals surface area contributed by atoms with Crippen LogP contribution in [0.1, 0.15) is 43.7 Å². The number of nitrogens with two attached hydrogens (primary N) is 1. The quantitative estimate of drug-likeness (QED) is 0.646. The molecule has 1 saturated carbocycles. The van der Waals surface area contributed by atoms with E-state index in [0.717, 1.165) is 11.8 Å². The van der Waals surface area contributed by atoms with Crippen molar-refractivity contribution in [3.05, 3.63) is 35.4 Å². The third-order valence-corrected chi connectivity index (χ3v) is 5.35. The van der Waals surface area contributed by atoms with Gasteiger partial charge in [-0.25, -0.2) is 0 Å². The van der Waals surface area contributed by atoms with Gasteiger partial charge < -0.3 is 0 Å². The van der Waals surface area contributed by atoms with Crippen LogP contribution in [0, 0.1) is 17.8 Å². The summed E-state index contributed by atoms with van der Waals surface area (Å²) in [6.07, 6.45) is 7.87. The summed E-state index contributed by atoms with van der Waals surface area (Å²) in [4.78, 5) is 0. The molecular formula is C17H26N2. The number of hydrazine groups is 1. The van der Waals surface area contributed by atoms with Crippen molar-refractivity contribution in [1.29, 1.82) is 0 Å². The highest BCUT2D eigenvalue weighted by Crippen LogP contribution is 2.37. The summed E-state index contributed by atoms with van der Waals surface area (Å²) in [6, 6.07) is 9.39. The van der Waals surface area contributed by atoms with Gasteiger partial charge in [-0.3, -0.25) is 11.3 Å². The number of rotatable bonds is 3. The second kappa shape index (κ2) is 5.64. The predicted molar refractivity (Wildman–Crippen MR) is 79.6 cm³/mol. The molecule has 1 aromatic carbocycles. The zero-order valence-corrected chi connectivity index (χ0v) is 11.9. The Balaban J connectivity index is 1.68. The van der Waals surface area contributed by atoms with Crippen LogP contribution in [0.15, 0.2) is 24.3 Å². The average Bonchev–Trinajstić information content (AvgIpc) is 2.85. The molecule has 3 N–H and O–H groups in total. The fourth-order valence-corrected chi connectivity index (χ4v) is 4.15. The topological polar surface area (TPSA) is 38.0 Å². The summed E-state index contributed by atoms with van der Waals surface area (Å²) in [7, 11) is 0. The molecule has 0 spiro atoms. The predicted octanol–water partition coefficient (Wildman–Crippen LogP) is 3.06. The van der Waals surface area contributed by atoms with Crippen LogP contribution in [-0.4, -0.2) is 6.04 Å². The normalized spacial score (nSPS) is 29.2. The Morgan fingerprint density at radius 3 is 2.11 bits per heavy atom. The van der Waals surface area contributed by atoms with Gasteiger partial charge in [0.1, 0.15) is 0 Å². The third kappa shape index (κ3) is 2.70. The molecule has 2 nitrogen and oxygen atoms in total. The summed E-state index contributed by atoms with van der Waals surface area (Å²) in [5.74, 6) is 8.29. The zero-order valence-electron chi connectivity index (χ0n) is 11.9. The number of fused-ring (bicyclic) bond motifs is 1. The molecule has 2 aliphatic carbocycles. The number of hydrogen-bond donors (Lipinski definition) is 2. The molecular weight excluding hydrogens is 232 g/mol. The highest BCUT2D eigenvalue weighted by Gasteiger charge is 2.34. The third-order valence-electron chi connectivity index (χ3n) is 5.35. The van der Waals surface area contributed by atoms with Gasteiger partial charge in [0, 0.05) is 6.04 Å². The van der Waals surface area contributed by atoms with Gasteiger partial charge in [-0.05, 0) is 54.6 Å². The van der Waals surface area contributed by atoms with Crippen molar-refractivity contribution in [3.63, 3.8) is 0 Å². The molecule has 0 heterocycles. The van der Waals surface area contributed by atoms with Crippen molar-refractivity contribution in [1.82, 2.24) is 5.43 Å². The fraction of sp³-hybridized carbons (Fsp3) is 0.647. The minimum atomic E-state index is 0.500. The maximum absolute atomic E-state index is 5.90. The number of benzene rings is 1. The van der Waals surface area contributed by atoms with Gasteiger partial charge in [-0.1, -0.05) is 44.0 Å². The van der Waals surface area contributed by atoms with Crippen molar-refractivity contribution in [2.75, 3.05) is 0 Å². The first-order valence-electron chi connectivity index (χ1n) is 7.81. The molecule has 0 radical (unpaired) electrons. The van der Waals surface area contributed by atoms with E-state index < -0.39 is 0 Å². The molecule has 2 heteroatoms. The molecule has 104 valence electrons. The maximum Gasteiger partial charge on any atom is 0.0273 e. The molecule has 19 heavy (non-hydrogen) atoms. The molecule has 1 atom stereocenters. The molecule has 3 rings (SSSR count). The van der Waals surface area contributed by atoms with Crippen molar-refractivity contribution >= 4 is 0 Å². The Morgan fingerprint density at radius 1 is 1.00 bits per heavy atom. The average molecular weight is 258 g/mol. The van der Waals surface area contributed by atoms with Crippen LogP contribution in [0.2, 0.25) is 0 Å². The van der Waals surface area contributed by atoms with Crippen LogP contribution in [0.5, 0.6) is 0 Å². The second-order valence-corrected chi connectivity index (χ2v) is 6.65. The highest BCUT2D eigenvalue weighted by molar-refractivity contribution is 5.32. The highest BCUT2D eigenvalue weighted by atomic mass is 15.2. The first-order chi connectivity index (χ1) is 9.28. The minimum absolute atomic E-state index is 0.500. The fourth-order valence-electron chi connectivity index (χ4n) is 4.15. The van der Waals surface area contributed by atoms with Gasteiger partial charge in [-0.2, -0.15) is 0 Å². The molecule has 1 fully saturated rings. The Kier molecular flexibility index (Phi) is 3.90. The van der Waals surface area contributed by atoms with Gasteiger partial charge in [0.05, 0.1) is 0 Å². The van der Waals surface area contributed by atoms with Crippen molar-refractivity contribution in [2.24, 2.45) is 23.6 Å². The largest absolute Gasteiger partial charge is 0.271 e. The second-order valence-electron chi connectivity index (χ2n) is 6.65. The zero-order chi connectivity index (χ0) is 13.2. The molecule has 2 aliphatic rings. The van der Waals surface area contributed by atoms with Gasteiger partial charge in [0.15, 0.2) is 0 Å². The van der Waals surface area contributed by atoms with Gasteiger partial charge in [0.2, 0.25) is 0 Å². The lowest BCUT2D eigenvalue weighted by molar-refractivity contribution is 0.186. The molecule has 1 aromatic rings. The van der Waals surface area contributed by atoms with Gasteiger partial charge in [-0.15, -0.1) is 0 Å². The van der Waals surface area contributed by atoms with E-state index in [1.54, 1.807) is 0 Å². The Bertz CT molecular complexity index is 396. The molecule has 0 aliphatic heterocycles. The monoisotopic (exact) mass is 258 g/mol. The maximum atomic E-state index is 5.90. The van der Waals surface area contributed by atoms with E-state index in [1.165, 1.54) is 49.7 Å². The van der Waals surface area contributed by atoms with Crippen LogP contribution in [0.4, 0.5) is 0 Å². The SMILES string of the molecule is CC1CCC(C(NN)C2Cc3ccccc3C2)CC1. The summed E-state index contributed by atoms with van der Waals surface area (Å²) in [6.45, 7) is 2.38. The van der Waals surface area contributed by atoms with Gasteiger partial charge in [0.25, 0.3) is 0 Å². The van der Waals surface area contributed by atoms with E-state index in [9.17, 15) is 0 Å². The molecule has 1 unspecified atom stereocenters. The smallest absolute Gasteiger partial charge is 0.0273 e. The van der Waals surface area contributed by atoms with Crippen LogP contribution in [0.3, 0.4) is 0 Å².